The maximum absolute atomic E-state index is 13.7. The van der Waals surface area contributed by atoms with Crippen molar-refractivity contribution < 1.29 is 19.1 Å². The van der Waals surface area contributed by atoms with Crippen LogP contribution >= 0.6 is 15.9 Å². The number of nitrogens with zero attached hydrogens (tertiary/aromatic N) is 1. The Morgan fingerprint density at radius 1 is 1.45 bits per heavy atom. The monoisotopic (exact) mass is 344 g/mol. The predicted molar refractivity (Wildman–Crippen MR) is 74.6 cm³/mol. The summed E-state index contributed by atoms with van der Waals surface area (Å²) in [4.78, 5) is 23.9. The number of hydrogen-bond donors (Lipinski definition) is 2. The van der Waals surface area contributed by atoms with Crippen molar-refractivity contribution in [3.05, 3.63) is 33.8 Å². The molecule has 0 aromatic heterocycles. The Bertz CT molecular complexity index is 552. The van der Waals surface area contributed by atoms with E-state index >= 15 is 0 Å². The minimum absolute atomic E-state index is 0.0324. The van der Waals surface area contributed by atoms with E-state index in [0.29, 0.717) is 5.56 Å². The number of alkyl halides is 1. The van der Waals surface area contributed by atoms with E-state index in [1.54, 1.807) is 19.1 Å². The van der Waals surface area contributed by atoms with Crippen molar-refractivity contribution >= 4 is 27.9 Å². The number of carbonyl (C=O) groups is 2. The van der Waals surface area contributed by atoms with Gasteiger partial charge in [-0.1, -0.05) is 22.0 Å². The van der Waals surface area contributed by atoms with Gasteiger partial charge in [-0.25, -0.2) is 9.18 Å². The number of carbonyl (C=O) groups excluding carboxylic acids is 1. The molecular formula is C13H14BrFN2O3. The third-order valence-electron chi connectivity index (χ3n) is 3.28. The fourth-order valence-corrected chi connectivity index (χ4v) is 2.50. The maximum Gasteiger partial charge on any atom is 0.407 e. The summed E-state index contributed by atoms with van der Waals surface area (Å²) in [6.45, 7) is 1.54. The van der Waals surface area contributed by atoms with Gasteiger partial charge < -0.3 is 15.3 Å². The third-order valence-corrected chi connectivity index (χ3v) is 3.77. The molecule has 1 aromatic carbocycles. The molecule has 5 nitrogen and oxygen atoms in total. The van der Waals surface area contributed by atoms with E-state index in [4.69, 9.17) is 5.11 Å². The molecule has 2 N–H and O–H groups in total. The minimum Gasteiger partial charge on any atom is -0.465 e. The van der Waals surface area contributed by atoms with Crippen LogP contribution in [0, 0.1) is 6.92 Å². The highest BCUT2D eigenvalue weighted by atomic mass is 79.9. The summed E-state index contributed by atoms with van der Waals surface area (Å²) in [6, 6.07) is 4.44. The van der Waals surface area contributed by atoms with E-state index in [2.05, 4.69) is 21.2 Å². The maximum atomic E-state index is 13.7. The summed E-state index contributed by atoms with van der Waals surface area (Å²) in [6.07, 6.45) is -2.56. The molecule has 0 spiro atoms. The summed E-state index contributed by atoms with van der Waals surface area (Å²) in [5, 5.41) is 11.4. The average molecular weight is 345 g/mol. The Balaban J connectivity index is 2.08. The normalized spacial score (nSPS) is 21.9. The second-order valence-corrected chi connectivity index (χ2v) is 5.66. The second-order valence-electron chi connectivity index (χ2n) is 4.74. The van der Waals surface area contributed by atoms with Gasteiger partial charge in [0.25, 0.3) is 5.91 Å². The number of likely N-dealkylation sites (tertiary alicyclic amines) is 1. The summed E-state index contributed by atoms with van der Waals surface area (Å²) < 4.78 is 14.5. The molecule has 0 saturated carbocycles. The largest absolute Gasteiger partial charge is 0.465 e. The van der Waals surface area contributed by atoms with E-state index in [0.717, 1.165) is 14.9 Å². The number of hydrogen-bond acceptors (Lipinski definition) is 2. The van der Waals surface area contributed by atoms with Crippen molar-refractivity contribution in [3.8, 4) is 0 Å². The van der Waals surface area contributed by atoms with Crippen LogP contribution in [0.25, 0.3) is 0 Å². The van der Waals surface area contributed by atoms with Gasteiger partial charge in [0.15, 0.2) is 0 Å². The molecular weight excluding hydrogens is 331 g/mol. The Kier molecular flexibility index (Phi) is 4.27. The van der Waals surface area contributed by atoms with Crippen molar-refractivity contribution in [1.82, 2.24) is 10.2 Å². The minimum atomic E-state index is -1.39. The van der Waals surface area contributed by atoms with Gasteiger partial charge in [0.1, 0.15) is 6.17 Å². The van der Waals surface area contributed by atoms with Crippen LogP contribution in [0.2, 0.25) is 0 Å². The van der Waals surface area contributed by atoms with Gasteiger partial charge in [-0.3, -0.25) is 4.79 Å². The highest BCUT2D eigenvalue weighted by molar-refractivity contribution is 9.10. The van der Waals surface area contributed by atoms with Gasteiger partial charge in [-0.2, -0.15) is 0 Å². The SMILES string of the molecule is Cc1ccc(Br)cc1C(=O)N[C@@H]1CN(C(=O)O)C[C@@H]1F. The fourth-order valence-electron chi connectivity index (χ4n) is 2.14. The van der Waals surface area contributed by atoms with Crippen LogP contribution in [0.15, 0.2) is 22.7 Å². The number of nitrogens with one attached hydrogen (secondary N) is 1. The molecule has 1 aromatic rings. The quantitative estimate of drug-likeness (QED) is 0.863. The lowest BCUT2D eigenvalue weighted by Gasteiger charge is -2.15. The molecule has 7 heteroatoms. The van der Waals surface area contributed by atoms with Crippen molar-refractivity contribution in [2.45, 2.75) is 19.1 Å². The van der Waals surface area contributed by atoms with Crippen LogP contribution < -0.4 is 5.32 Å². The van der Waals surface area contributed by atoms with E-state index in [-0.39, 0.29) is 13.1 Å². The topological polar surface area (TPSA) is 69.6 Å². The van der Waals surface area contributed by atoms with Crippen LogP contribution in [0.4, 0.5) is 9.18 Å². The summed E-state index contributed by atoms with van der Waals surface area (Å²) in [5.74, 6) is -0.399. The predicted octanol–water partition coefficient (Wildman–Crippen LogP) is 2.19. The zero-order chi connectivity index (χ0) is 14.9. The van der Waals surface area contributed by atoms with Gasteiger partial charge in [0, 0.05) is 16.6 Å². The highest BCUT2D eigenvalue weighted by Crippen LogP contribution is 2.18. The lowest BCUT2D eigenvalue weighted by molar-refractivity contribution is 0.0921. The van der Waals surface area contributed by atoms with Crippen molar-refractivity contribution in [3.63, 3.8) is 0 Å². The summed E-state index contributed by atoms with van der Waals surface area (Å²) >= 11 is 3.28. The number of rotatable bonds is 2. The molecule has 1 fully saturated rings. The molecule has 1 saturated heterocycles. The van der Waals surface area contributed by atoms with E-state index < -0.39 is 24.2 Å². The van der Waals surface area contributed by atoms with Crippen LogP contribution in [0.3, 0.4) is 0 Å². The molecule has 1 aliphatic rings. The second kappa shape index (κ2) is 5.78. The summed E-state index contributed by atoms with van der Waals surface area (Å²) in [5.41, 5.74) is 1.22. The first-order valence-electron chi connectivity index (χ1n) is 6.07. The van der Waals surface area contributed by atoms with Crippen LogP contribution in [0.5, 0.6) is 0 Å². The van der Waals surface area contributed by atoms with Crippen LogP contribution in [-0.4, -0.2) is 47.3 Å². The Labute approximate surface area is 123 Å². The van der Waals surface area contributed by atoms with Gasteiger partial charge in [0.05, 0.1) is 12.6 Å². The molecule has 20 heavy (non-hydrogen) atoms. The van der Waals surface area contributed by atoms with Gasteiger partial charge in [-0.05, 0) is 24.6 Å². The molecule has 0 aliphatic carbocycles. The number of benzene rings is 1. The van der Waals surface area contributed by atoms with Gasteiger partial charge >= 0.3 is 6.09 Å². The zero-order valence-corrected chi connectivity index (χ0v) is 12.4. The van der Waals surface area contributed by atoms with Crippen molar-refractivity contribution in [1.29, 1.82) is 0 Å². The van der Waals surface area contributed by atoms with Crippen LogP contribution in [-0.2, 0) is 0 Å². The molecule has 2 atom stereocenters. The summed E-state index contributed by atoms with van der Waals surface area (Å²) in [7, 11) is 0. The van der Waals surface area contributed by atoms with Gasteiger partial charge in [-0.15, -0.1) is 0 Å². The Morgan fingerprint density at radius 2 is 2.15 bits per heavy atom. The number of aryl methyl sites for hydroxylation is 1. The van der Waals surface area contributed by atoms with E-state index in [1.807, 2.05) is 6.07 Å². The Hall–Kier alpha value is -1.63. The number of carboxylic acid groups (broad SMARTS) is 1. The smallest absolute Gasteiger partial charge is 0.407 e. The van der Waals surface area contributed by atoms with Crippen molar-refractivity contribution in [2.24, 2.45) is 0 Å². The Morgan fingerprint density at radius 3 is 2.75 bits per heavy atom. The lowest BCUT2D eigenvalue weighted by atomic mass is 10.1. The van der Waals surface area contributed by atoms with Crippen molar-refractivity contribution in [2.75, 3.05) is 13.1 Å². The van der Waals surface area contributed by atoms with E-state index in [9.17, 15) is 14.0 Å². The van der Waals surface area contributed by atoms with Crippen LogP contribution in [0.1, 0.15) is 15.9 Å². The number of halogens is 2. The first-order chi connectivity index (χ1) is 9.38. The third kappa shape index (κ3) is 3.09. The fraction of sp³-hybridized carbons (Fsp3) is 0.385. The first kappa shape index (κ1) is 14.8. The lowest BCUT2D eigenvalue weighted by Crippen LogP contribution is -2.41. The average Bonchev–Trinajstić information content (AvgIpc) is 2.74. The van der Waals surface area contributed by atoms with E-state index in [1.165, 1.54) is 0 Å². The molecule has 0 radical (unpaired) electrons. The standard InChI is InChI=1S/C13H14BrFN2O3/c1-7-2-3-8(14)4-9(7)12(18)16-11-6-17(13(19)20)5-10(11)15/h2-4,10-11H,5-6H2,1H3,(H,16,18)(H,19,20)/t10-,11+/m0/s1. The molecule has 108 valence electrons. The zero-order valence-electron chi connectivity index (χ0n) is 10.8. The molecule has 0 bridgehead atoms. The first-order valence-corrected chi connectivity index (χ1v) is 6.86. The molecule has 2 rings (SSSR count). The molecule has 1 aliphatic heterocycles. The van der Waals surface area contributed by atoms with Gasteiger partial charge in [0.2, 0.25) is 0 Å². The molecule has 1 heterocycles. The number of amides is 2. The highest BCUT2D eigenvalue weighted by Gasteiger charge is 2.36. The molecule has 2 amide bonds. The molecule has 0 unspecified atom stereocenters.